The van der Waals surface area contributed by atoms with Crippen LogP contribution < -0.4 is 0 Å². The van der Waals surface area contributed by atoms with E-state index in [2.05, 4.69) is 0 Å². The number of aryl methyl sites for hydroxylation is 1. The van der Waals surface area contributed by atoms with E-state index in [-0.39, 0.29) is 10.6 Å². The van der Waals surface area contributed by atoms with Crippen molar-refractivity contribution >= 4 is 17.4 Å². The second-order valence-electron chi connectivity index (χ2n) is 4.82. The molecule has 21 heavy (non-hydrogen) atoms. The summed E-state index contributed by atoms with van der Waals surface area (Å²) in [6.45, 7) is 3.69. The number of carbonyl (C=O) groups is 1. The highest BCUT2D eigenvalue weighted by Gasteiger charge is 2.26. The number of carbonyl (C=O) groups excluding carboxylic acids is 1. The lowest BCUT2D eigenvalue weighted by molar-refractivity contribution is 0.0977. The summed E-state index contributed by atoms with van der Waals surface area (Å²) in [5.74, 6) is -2.34. The Hall–Kier alpha value is -2.18. The van der Waals surface area contributed by atoms with Gasteiger partial charge in [0.2, 0.25) is 0 Å². The zero-order chi connectivity index (χ0) is 15.6. The number of benzene rings is 2. The van der Waals surface area contributed by atoms with Crippen molar-refractivity contribution in [2.45, 2.75) is 19.8 Å². The first-order valence-corrected chi connectivity index (χ1v) is 6.79. The largest absolute Gasteiger partial charge is 0.292 e. The summed E-state index contributed by atoms with van der Waals surface area (Å²) in [7, 11) is 0. The molecule has 0 radical (unpaired) electrons. The van der Waals surface area contributed by atoms with Crippen molar-refractivity contribution in [1.29, 1.82) is 5.26 Å². The fraction of sp³-hybridized carbons (Fsp3) is 0.176. The van der Waals surface area contributed by atoms with E-state index in [9.17, 15) is 14.4 Å². The average molecular weight is 302 g/mol. The Kier molecular flexibility index (Phi) is 4.40. The first-order chi connectivity index (χ1) is 9.97. The molecule has 0 bridgehead atoms. The van der Waals surface area contributed by atoms with Crippen molar-refractivity contribution < 1.29 is 9.18 Å². The van der Waals surface area contributed by atoms with Gasteiger partial charge in [-0.05, 0) is 31.0 Å². The maximum absolute atomic E-state index is 14.1. The molecule has 4 heteroatoms. The Morgan fingerprint density at radius 2 is 1.90 bits per heavy atom. The van der Waals surface area contributed by atoms with Gasteiger partial charge in [0.25, 0.3) is 0 Å². The number of hydrogen-bond donors (Lipinski definition) is 0. The number of hydrogen-bond acceptors (Lipinski definition) is 2. The van der Waals surface area contributed by atoms with Gasteiger partial charge < -0.3 is 0 Å². The second kappa shape index (κ2) is 6.07. The fourth-order valence-corrected chi connectivity index (χ4v) is 2.37. The van der Waals surface area contributed by atoms with Gasteiger partial charge in [-0.25, -0.2) is 4.39 Å². The van der Waals surface area contributed by atoms with Gasteiger partial charge in [-0.2, -0.15) is 5.26 Å². The van der Waals surface area contributed by atoms with Crippen LogP contribution in [0.15, 0.2) is 36.4 Å². The first kappa shape index (κ1) is 15.2. The maximum Gasteiger partial charge on any atom is 0.184 e. The van der Waals surface area contributed by atoms with Crippen molar-refractivity contribution in [2.75, 3.05) is 0 Å². The van der Waals surface area contributed by atoms with Crippen molar-refractivity contribution in [2.24, 2.45) is 0 Å². The topological polar surface area (TPSA) is 40.9 Å². The Balaban J connectivity index is 2.52. The number of ketones is 1. The Bertz CT molecular complexity index is 749. The molecule has 0 heterocycles. The number of rotatable bonds is 3. The van der Waals surface area contributed by atoms with Crippen LogP contribution in [-0.4, -0.2) is 5.78 Å². The lowest BCUT2D eigenvalue weighted by Gasteiger charge is -2.13. The van der Waals surface area contributed by atoms with E-state index in [0.29, 0.717) is 5.56 Å². The van der Waals surface area contributed by atoms with Crippen LogP contribution >= 0.6 is 11.6 Å². The van der Waals surface area contributed by atoms with E-state index in [4.69, 9.17) is 11.6 Å². The van der Waals surface area contributed by atoms with Gasteiger partial charge in [0.1, 0.15) is 11.7 Å². The number of Topliss-reactive ketones (excluding diaryl/α,β-unsaturated/α-hetero) is 1. The molecule has 0 fully saturated rings. The second-order valence-corrected chi connectivity index (χ2v) is 5.22. The predicted octanol–water partition coefficient (Wildman–Crippen LogP) is 4.59. The van der Waals surface area contributed by atoms with Gasteiger partial charge in [-0.3, -0.25) is 4.79 Å². The van der Waals surface area contributed by atoms with Crippen LogP contribution in [0.4, 0.5) is 4.39 Å². The van der Waals surface area contributed by atoms with Crippen molar-refractivity contribution in [3.05, 3.63) is 69.5 Å². The van der Waals surface area contributed by atoms with Crippen LogP contribution in [0.2, 0.25) is 5.02 Å². The Morgan fingerprint density at radius 1 is 1.24 bits per heavy atom. The SMILES string of the molecule is Cc1cccc(C(=O)C(C#N)c2cccc(Cl)c2F)c1C. The summed E-state index contributed by atoms with van der Waals surface area (Å²) < 4.78 is 14.1. The van der Waals surface area contributed by atoms with Crippen LogP contribution in [0, 0.1) is 31.0 Å². The molecule has 106 valence electrons. The minimum absolute atomic E-state index is 0.0101. The summed E-state index contributed by atoms with van der Waals surface area (Å²) in [6.07, 6.45) is 0. The molecular formula is C17H13ClFNO. The molecule has 0 saturated carbocycles. The predicted molar refractivity (Wildman–Crippen MR) is 80.0 cm³/mol. The fourth-order valence-electron chi connectivity index (χ4n) is 2.19. The molecule has 0 saturated heterocycles. The highest BCUT2D eigenvalue weighted by molar-refractivity contribution is 6.30. The molecule has 0 amide bonds. The minimum atomic E-state index is -1.20. The molecule has 0 aliphatic rings. The van der Waals surface area contributed by atoms with E-state index in [0.717, 1.165) is 11.1 Å². The van der Waals surface area contributed by atoms with E-state index < -0.39 is 17.5 Å². The van der Waals surface area contributed by atoms with Gasteiger partial charge in [-0.1, -0.05) is 41.9 Å². The normalized spacial score (nSPS) is 11.8. The molecule has 0 spiro atoms. The zero-order valence-corrected chi connectivity index (χ0v) is 12.4. The van der Waals surface area contributed by atoms with Gasteiger partial charge in [-0.15, -0.1) is 0 Å². The molecule has 0 aromatic heterocycles. The van der Waals surface area contributed by atoms with E-state index in [1.807, 2.05) is 26.0 Å². The molecule has 2 aromatic rings. The molecule has 0 aliphatic heterocycles. The third kappa shape index (κ3) is 2.81. The third-order valence-corrected chi connectivity index (χ3v) is 3.85. The van der Waals surface area contributed by atoms with Crippen molar-refractivity contribution in [1.82, 2.24) is 0 Å². The smallest absolute Gasteiger partial charge is 0.184 e. The number of halogens is 2. The van der Waals surface area contributed by atoms with Crippen molar-refractivity contribution in [3.63, 3.8) is 0 Å². The maximum atomic E-state index is 14.1. The lowest BCUT2D eigenvalue weighted by atomic mass is 9.88. The summed E-state index contributed by atoms with van der Waals surface area (Å²) in [4.78, 5) is 12.6. The molecule has 1 unspecified atom stereocenters. The number of nitrogens with zero attached hydrogens (tertiary/aromatic N) is 1. The van der Waals surface area contributed by atoms with Crippen LogP contribution in [0.3, 0.4) is 0 Å². The molecule has 0 N–H and O–H groups in total. The van der Waals surface area contributed by atoms with Gasteiger partial charge in [0.15, 0.2) is 5.78 Å². The van der Waals surface area contributed by atoms with Gasteiger partial charge in [0.05, 0.1) is 11.1 Å². The standard InChI is InChI=1S/C17H13ClFNO/c1-10-5-3-6-12(11(10)2)17(21)14(9-20)13-7-4-8-15(18)16(13)19/h3-8,14H,1-2H3. The number of nitriles is 1. The summed E-state index contributed by atoms with van der Waals surface area (Å²) in [5.41, 5.74) is 2.19. The summed E-state index contributed by atoms with van der Waals surface area (Å²) in [5, 5.41) is 9.21. The van der Waals surface area contributed by atoms with Gasteiger partial charge >= 0.3 is 0 Å². The third-order valence-electron chi connectivity index (χ3n) is 3.55. The quantitative estimate of drug-likeness (QED) is 0.778. The minimum Gasteiger partial charge on any atom is -0.292 e. The monoisotopic (exact) mass is 301 g/mol. The highest BCUT2D eigenvalue weighted by Crippen LogP contribution is 2.28. The summed E-state index contributed by atoms with van der Waals surface area (Å²) >= 11 is 5.73. The summed E-state index contributed by atoms with van der Waals surface area (Å²) in [6, 6.07) is 11.5. The van der Waals surface area contributed by atoms with Crippen molar-refractivity contribution in [3.8, 4) is 6.07 Å². The zero-order valence-electron chi connectivity index (χ0n) is 11.7. The molecule has 2 rings (SSSR count). The Labute approximate surface area is 127 Å². The lowest BCUT2D eigenvalue weighted by Crippen LogP contribution is -2.14. The highest BCUT2D eigenvalue weighted by atomic mass is 35.5. The van der Waals surface area contributed by atoms with E-state index in [1.54, 1.807) is 12.1 Å². The van der Waals surface area contributed by atoms with Crippen LogP contribution in [0.1, 0.15) is 33.0 Å². The van der Waals surface area contributed by atoms with Crippen LogP contribution in [-0.2, 0) is 0 Å². The molecule has 1 atom stereocenters. The molecule has 2 aromatic carbocycles. The molecular weight excluding hydrogens is 289 g/mol. The van der Waals surface area contributed by atoms with Crippen LogP contribution in [0.5, 0.6) is 0 Å². The first-order valence-electron chi connectivity index (χ1n) is 6.41. The molecule has 0 aliphatic carbocycles. The Morgan fingerprint density at radius 3 is 2.57 bits per heavy atom. The molecule has 2 nitrogen and oxygen atoms in total. The van der Waals surface area contributed by atoms with E-state index >= 15 is 0 Å². The van der Waals surface area contributed by atoms with Crippen LogP contribution in [0.25, 0.3) is 0 Å². The van der Waals surface area contributed by atoms with E-state index in [1.165, 1.54) is 18.2 Å². The average Bonchev–Trinajstić information content (AvgIpc) is 2.47. The van der Waals surface area contributed by atoms with Gasteiger partial charge in [0, 0.05) is 11.1 Å².